The summed E-state index contributed by atoms with van der Waals surface area (Å²) in [6.45, 7) is 1.35. The van der Waals surface area contributed by atoms with Crippen molar-refractivity contribution >= 4 is 17.5 Å². The molecule has 1 aromatic heterocycles. The second kappa shape index (κ2) is 3.38. The number of likely N-dealkylation sites (N-methyl/N-ethyl adjacent to an activating group) is 1. The average Bonchev–Trinajstić information content (AvgIpc) is 2.42. The lowest BCUT2D eigenvalue weighted by Gasteiger charge is -2.19. The molecule has 84 valence electrons. The molecule has 0 aliphatic carbocycles. The fraction of sp³-hybridized carbons (Fsp3) is 0.364. The van der Waals surface area contributed by atoms with Crippen molar-refractivity contribution in [1.82, 2.24) is 4.98 Å². The maximum Gasteiger partial charge on any atom is 0.265 e. The standard InChI is InChI=1S/C11H12N2O3/c1-7(14)6-11(16)8-4-3-5-12-9(8)13(2)10(11)15/h3-5,16H,6H2,1-2H3/t11-/m1/s1. The SMILES string of the molecule is CC(=O)C[C@]1(O)C(=O)N(C)c2ncccc21. The number of nitrogens with zero attached hydrogens (tertiary/aromatic N) is 2. The first kappa shape index (κ1) is 10.8. The summed E-state index contributed by atoms with van der Waals surface area (Å²) in [7, 11) is 1.53. The van der Waals surface area contributed by atoms with Crippen LogP contribution in [-0.4, -0.2) is 28.8 Å². The zero-order valence-electron chi connectivity index (χ0n) is 9.10. The highest BCUT2D eigenvalue weighted by Gasteiger charge is 2.49. The predicted molar refractivity (Wildman–Crippen MR) is 56.8 cm³/mol. The maximum absolute atomic E-state index is 11.9. The van der Waals surface area contributed by atoms with Gasteiger partial charge in [0, 0.05) is 25.2 Å². The van der Waals surface area contributed by atoms with Crippen LogP contribution in [0.4, 0.5) is 5.82 Å². The molecule has 1 aliphatic heterocycles. The summed E-state index contributed by atoms with van der Waals surface area (Å²) < 4.78 is 0. The topological polar surface area (TPSA) is 70.5 Å². The van der Waals surface area contributed by atoms with E-state index in [1.807, 2.05) is 0 Å². The van der Waals surface area contributed by atoms with Gasteiger partial charge in [-0.3, -0.25) is 14.5 Å². The fourth-order valence-corrected chi connectivity index (χ4v) is 2.01. The van der Waals surface area contributed by atoms with Crippen LogP contribution in [0.3, 0.4) is 0 Å². The number of carbonyl (C=O) groups is 2. The molecule has 0 aromatic carbocycles. The Hall–Kier alpha value is -1.75. The number of carbonyl (C=O) groups excluding carboxylic acids is 2. The Bertz CT molecular complexity index is 472. The number of aliphatic hydroxyl groups is 1. The summed E-state index contributed by atoms with van der Waals surface area (Å²) in [6.07, 6.45) is 1.33. The predicted octanol–water partition coefficient (Wildman–Crippen LogP) is 0.225. The quantitative estimate of drug-likeness (QED) is 0.774. The van der Waals surface area contributed by atoms with Gasteiger partial charge in [-0.2, -0.15) is 0 Å². The van der Waals surface area contributed by atoms with E-state index >= 15 is 0 Å². The summed E-state index contributed by atoms with van der Waals surface area (Å²) in [5.74, 6) is -0.325. The highest BCUT2D eigenvalue weighted by molar-refractivity contribution is 6.07. The van der Waals surface area contributed by atoms with E-state index in [1.165, 1.54) is 18.9 Å². The van der Waals surface area contributed by atoms with Crippen molar-refractivity contribution in [2.24, 2.45) is 0 Å². The monoisotopic (exact) mass is 220 g/mol. The molecule has 2 rings (SSSR count). The van der Waals surface area contributed by atoms with Gasteiger partial charge in [-0.25, -0.2) is 4.98 Å². The number of hydrogen-bond acceptors (Lipinski definition) is 4. The Morgan fingerprint density at radius 1 is 1.62 bits per heavy atom. The van der Waals surface area contributed by atoms with Gasteiger partial charge in [0.25, 0.3) is 5.91 Å². The normalized spacial score (nSPS) is 23.4. The van der Waals surface area contributed by atoms with Crippen LogP contribution in [0.15, 0.2) is 18.3 Å². The van der Waals surface area contributed by atoms with Crippen molar-refractivity contribution in [3.8, 4) is 0 Å². The molecular formula is C11H12N2O3. The summed E-state index contributed by atoms with van der Waals surface area (Å²) in [5, 5.41) is 10.3. The summed E-state index contributed by atoms with van der Waals surface area (Å²) in [6, 6.07) is 3.25. The van der Waals surface area contributed by atoms with E-state index in [4.69, 9.17) is 0 Å². The van der Waals surface area contributed by atoms with Gasteiger partial charge in [0.1, 0.15) is 11.6 Å². The molecule has 1 atom stereocenters. The lowest BCUT2D eigenvalue weighted by Crippen LogP contribution is -2.39. The molecule has 0 radical (unpaired) electrons. The number of fused-ring (bicyclic) bond motifs is 1. The minimum absolute atomic E-state index is 0.213. The number of rotatable bonds is 2. The van der Waals surface area contributed by atoms with Gasteiger partial charge in [0.15, 0.2) is 5.60 Å². The average molecular weight is 220 g/mol. The number of ketones is 1. The highest BCUT2D eigenvalue weighted by Crippen LogP contribution is 2.39. The first-order chi connectivity index (χ1) is 7.47. The zero-order chi connectivity index (χ0) is 11.9. The van der Waals surface area contributed by atoms with Crippen LogP contribution in [0, 0.1) is 0 Å². The minimum Gasteiger partial charge on any atom is -0.375 e. The Morgan fingerprint density at radius 2 is 2.31 bits per heavy atom. The van der Waals surface area contributed by atoms with Crippen LogP contribution < -0.4 is 4.90 Å². The Labute approximate surface area is 92.7 Å². The van der Waals surface area contributed by atoms with Crippen molar-refractivity contribution in [1.29, 1.82) is 0 Å². The van der Waals surface area contributed by atoms with Crippen molar-refractivity contribution in [2.75, 3.05) is 11.9 Å². The molecule has 5 heteroatoms. The van der Waals surface area contributed by atoms with Gasteiger partial charge < -0.3 is 5.11 Å². The van der Waals surface area contributed by atoms with E-state index in [-0.39, 0.29) is 12.2 Å². The first-order valence-corrected chi connectivity index (χ1v) is 4.92. The summed E-state index contributed by atoms with van der Waals surface area (Å²) in [4.78, 5) is 28.3. The van der Waals surface area contributed by atoms with Crippen molar-refractivity contribution in [2.45, 2.75) is 18.9 Å². The number of hydrogen-bond donors (Lipinski definition) is 1. The molecule has 0 bridgehead atoms. The number of Topliss-reactive ketones (excluding diaryl/α,β-unsaturated/α-hetero) is 1. The van der Waals surface area contributed by atoms with E-state index in [0.717, 1.165) is 0 Å². The molecule has 0 unspecified atom stereocenters. The Balaban J connectivity index is 2.56. The molecule has 1 aromatic rings. The molecule has 16 heavy (non-hydrogen) atoms. The van der Waals surface area contributed by atoms with Gasteiger partial charge in [-0.05, 0) is 13.0 Å². The second-order valence-corrected chi connectivity index (χ2v) is 3.98. The van der Waals surface area contributed by atoms with Gasteiger partial charge in [0.2, 0.25) is 0 Å². The van der Waals surface area contributed by atoms with Gasteiger partial charge in [-0.1, -0.05) is 6.07 Å². The van der Waals surface area contributed by atoms with Crippen molar-refractivity contribution in [3.63, 3.8) is 0 Å². The fourth-order valence-electron chi connectivity index (χ4n) is 2.01. The number of anilines is 1. The van der Waals surface area contributed by atoms with E-state index in [0.29, 0.717) is 11.4 Å². The third-order valence-corrected chi connectivity index (χ3v) is 2.71. The smallest absolute Gasteiger partial charge is 0.265 e. The molecule has 1 aliphatic rings. The summed E-state index contributed by atoms with van der Waals surface area (Å²) in [5.41, 5.74) is -1.35. The van der Waals surface area contributed by atoms with Crippen LogP contribution >= 0.6 is 0 Å². The van der Waals surface area contributed by atoms with E-state index in [9.17, 15) is 14.7 Å². The molecule has 5 nitrogen and oxygen atoms in total. The van der Waals surface area contributed by atoms with Gasteiger partial charge in [0.05, 0.1) is 0 Å². The lowest BCUT2D eigenvalue weighted by atomic mass is 9.91. The lowest BCUT2D eigenvalue weighted by molar-refractivity contribution is -0.141. The molecule has 0 saturated carbocycles. The van der Waals surface area contributed by atoms with Crippen LogP contribution in [-0.2, 0) is 15.2 Å². The van der Waals surface area contributed by atoms with Gasteiger partial charge in [-0.15, -0.1) is 0 Å². The van der Waals surface area contributed by atoms with Crippen LogP contribution in [0.1, 0.15) is 18.9 Å². The molecule has 0 fully saturated rings. The Morgan fingerprint density at radius 3 is 2.94 bits per heavy atom. The molecule has 0 saturated heterocycles. The summed E-state index contributed by atoms with van der Waals surface area (Å²) >= 11 is 0. The van der Waals surface area contributed by atoms with E-state index in [1.54, 1.807) is 18.3 Å². The number of amides is 1. The van der Waals surface area contributed by atoms with Crippen LogP contribution in [0.25, 0.3) is 0 Å². The maximum atomic E-state index is 11.9. The molecule has 0 spiro atoms. The van der Waals surface area contributed by atoms with E-state index < -0.39 is 11.5 Å². The zero-order valence-corrected chi connectivity index (χ0v) is 9.10. The highest BCUT2D eigenvalue weighted by atomic mass is 16.3. The second-order valence-electron chi connectivity index (χ2n) is 3.98. The molecule has 2 heterocycles. The number of pyridine rings is 1. The van der Waals surface area contributed by atoms with Crippen LogP contribution in [0.2, 0.25) is 0 Å². The van der Waals surface area contributed by atoms with Crippen molar-refractivity contribution < 1.29 is 14.7 Å². The van der Waals surface area contributed by atoms with E-state index in [2.05, 4.69) is 4.98 Å². The number of aromatic nitrogens is 1. The third kappa shape index (κ3) is 1.32. The largest absolute Gasteiger partial charge is 0.375 e. The molecule has 1 amide bonds. The molecule has 1 N–H and O–H groups in total. The Kier molecular flexibility index (Phi) is 2.27. The third-order valence-electron chi connectivity index (χ3n) is 2.71. The van der Waals surface area contributed by atoms with Crippen LogP contribution in [0.5, 0.6) is 0 Å². The first-order valence-electron chi connectivity index (χ1n) is 4.92. The van der Waals surface area contributed by atoms with Gasteiger partial charge >= 0.3 is 0 Å². The minimum atomic E-state index is -1.75. The molecular weight excluding hydrogens is 208 g/mol. The van der Waals surface area contributed by atoms with Crippen molar-refractivity contribution in [3.05, 3.63) is 23.9 Å².